The van der Waals surface area contributed by atoms with Crippen molar-refractivity contribution in [1.29, 1.82) is 0 Å². The van der Waals surface area contributed by atoms with Crippen LogP contribution in [0.2, 0.25) is 0 Å². The van der Waals surface area contributed by atoms with Gasteiger partial charge in [0.25, 0.3) is 0 Å². The number of fused-ring (bicyclic) bond motifs is 1. The zero-order valence-electron chi connectivity index (χ0n) is 16.5. The Morgan fingerprint density at radius 3 is 2.68 bits per heavy atom. The molecule has 1 aliphatic rings. The quantitative estimate of drug-likeness (QED) is 0.707. The number of carbonyl (C=O) groups excluding carboxylic acids is 1. The lowest BCUT2D eigenvalue weighted by molar-refractivity contribution is -0.116. The number of amides is 1. The molecule has 1 aliphatic heterocycles. The highest BCUT2D eigenvalue weighted by atomic mass is 19.1. The molecule has 28 heavy (non-hydrogen) atoms. The van der Waals surface area contributed by atoms with Crippen LogP contribution >= 0.6 is 0 Å². The summed E-state index contributed by atoms with van der Waals surface area (Å²) in [4.78, 5) is 13.6. The first-order valence-corrected chi connectivity index (χ1v) is 9.66. The van der Waals surface area contributed by atoms with Gasteiger partial charge in [0.05, 0.1) is 12.8 Å². The van der Waals surface area contributed by atoms with Crippen molar-refractivity contribution in [2.75, 3.05) is 38.3 Å². The van der Waals surface area contributed by atoms with Gasteiger partial charge >= 0.3 is 0 Å². The molecule has 0 aromatic heterocycles. The molecule has 1 heterocycles. The van der Waals surface area contributed by atoms with Gasteiger partial charge in [-0.2, -0.15) is 0 Å². The first-order valence-electron chi connectivity index (χ1n) is 9.66. The number of hydrogen-bond acceptors (Lipinski definition) is 4. The van der Waals surface area contributed by atoms with E-state index in [-0.39, 0.29) is 11.7 Å². The average Bonchev–Trinajstić information content (AvgIpc) is 2.72. The fourth-order valence-electron chi connectivity index (χ4n) is 3.46. The summed E-state index contributed by atoms with van der Waals surface area (Å²) in [6.45, 7) is 4.05. The Hall–Kier alpha value is -2.60. The van der Waals surface area contributed by atoms with Crippen LogP contribution in [0.5, 0.6) is 11.5 Å². The Labute approximate surface area is 165 Å². The second kappa shape index (κ2) is 9.55. The number of hydrogen-bond donors (Lipinski definition) is 1. The van der Waals surface area contributed by atoms with E-state index in [0.717, 1.165) is 25.1 Å². The molecule has 3 rings (SSSR count). The number of nitrogens with zero attached hydrogens (tertiary/aromatic N) is 1. The minimum Gasteiger partial charge on any atom is -0.497 e. The molecule has 2 aromatic rings. The fraction of sp³-hybridized carbons (Fsp3) is 0.409. The summed E-state index contributed by atoms with van der Waals surface area (Å²) in [7, 11) is 1.66. The molecule has 150 valence electrons. The van der Waals surface area contributed by atoms with Gasteiger partial charge in [-0.15, -0.1) is 0 Å². The van der Waals surface area contributed by atoms with Gasteiger partial charge in [0.2, 0.25) is 5.91 Å². The smallest absolute Gasteiger partial charge is 0.223 e. The monoisotopic (exact) mass is 386 g/mol. The third-order valence-electron chi connectivity index (χ3n) is 4.93. The van der Waals surface area contributed by atoms with Crippen molar-refractivity contribution >= 4 is 11.6 Å². The summed E-state index contributed by atoms with van der Waals surface area (Å²) >= 11 is 0. The molecular formula is C22H27FN2O3. The summed E-state index contributed by atoms with van der Waals surface area (Å²) in [6.07, 6.45) is 2.30. The highest BCUT2D eigenvalue weighted by Crippen LogP contribution is 2.38. The second-order valence-corrected chi connectivity index (χ2v) is 6.84. The van der Waals surface area contributed by atoms with Gasteiger partial charge in [-0.05, 0) is 55.6 Å². The summed E-state index contributed by atoms with van der Waals surface area (Å²) in [5.41, 5.74) is 2.40. The molecule has 0 spiro atoms. The van der Waals surface area contributed by atoms with E-state index in [1.807, 2.05) is 12.1 Å². The van der Waals surface area contributed by atoms with Crippen molar-refractivity contribution in [3.05, 3.63) is 53.3 Å². The molecule has 1 N–H and O–H groups in total. The minimum absolute atomic E-state index is 0.0889. The number of nitrogens with one attached hydrogen (secondary N) is 1. The average molecular weight is 386 g/mol. The lowest BCUT2D eigenvalue weighted by atomic mass is 10.00. The number of rotatable bonds is 8. The molecule has 0 unspecified atom stereocenters. The maximum absolute atomic E-state index is 14.2. The second-order valence-electron chi connectivity index (χ2n) is 6.84. The molecule has 5 nitrogen and oxygen atoms in total. The van der Waals surface area contributed by atoms with Crippen LogP contribution in [0.1, 0.15) is 24.5 Å². The third-order valence-corrected chi connectivity index (χ3v) is 4.93. The molecule has 0 saturated carbocycles. The zero-order valence-corrected chi connectivity index (χ0v) is 16.5. The van der Waals surface area contributed by atoms with Crippen LogP contribution in [-0.4, -0.2) is 39.3 Å². The molecule has 0 atom stereocenters. The maximum atomic E-state index is 14.2. The van der Waals surface area contributed by atoms with E-state index in [0.29, 0.717) is 43.1 Å². The van der Waals surface area contributed by atoms with Crippen molar-refractivity contribution in [1.82, 2.24) is 5.32 Å². The van der Waals surface area contributed by atoms with Gasteiger partial charge < -0.3 is 19.7 Å². The van der Waals surface area contributed by atoms with E-state index in [4.69, 9.17) is 9.47 Å². The number of ether oxygens (including phenoxy) is 2. The molecule has 0 bridgehead atoms. The number of anilines is 1. The van der Waals surface area contributed by atoms with Crippen molar-refractivity contribution in [3.63, 3.8) is 0 Å². The first-order chi connectivity index (χ1) is 13.6. The van der Waals surface area contributed by atoms with Gasteiger partial charge in [0.1, 0.15) is 23.9 Å². The lowest BCUT2D eigenvalue weighted by Crippen LogP contribution is -2.34. The number of benzene rings is 2. The number of methoxy groups -OCH3 is 1. The van der Waals surface area contributed by atoms with Gasteiger partial charge in [-0.1, -0.05) is 12.1 Å². The Kier molecular flexibility index (Phi) is 6.87. The van der Waals surface area contributed by atoms with E-state index in [1.54, 1.807) is 18.1 Å². The van der Waals surface area contributed by atoms with Crippen molar-refractivity contribution < 1.29 is 18.7 Å². The molecule has 0 radical (unpaired) electrons. The minimum atomic E-state index is -0.272. The Morgan fingerprint density at radius 1 is 1.18 bits per heavy atom. The molecule has 6 heteroatoms. The molecule has 0 aliphatic carbocycles. The summed E-state index contributed by atoms with van der Waals surface area (Å²) < 4.78 is 25.2. The topological polar surface area (TPSA) is 50.8 Å². The molecule has 0 saturated heterocycles. The number of halogens is 1. The van der Waals surface area contributed by atoms with Crippen molar-refractivity contribution in [2.45, 2.75) is 26.2 Å². The summed E-state index contributed by atoms with van der Waals surface area (Å²) in [5.74, 6) is 1.07. The van der Waals surface area contributed by atoms with E-state index < -0.39 is 0 Å². The Morgan fingerprint density at radius 2 is 1.96 bits per heavy atom. The Balaban J connectivity index is 1.50. The number of carbonyl (C=O) groups is 1. The van der Waals surface area contributed by atoms with Gasteiger partial charge in [0, 0.05) is 25.6 Å². The van der Waals surface area contributed by atoms with Crippen LogP contribution in [0.4, 0.5) is 10.1 Å². The standard InChI is InChI=1S/C22H27FN2O3/c1-16(26)25-14-3-4-19-20(23)9-10-21(22(19)25)28-15-13-24-12-11-17-5-7-18(27-2)8-6-17/h5-10,24H,3-4,11-15H2,1-2H3. The lowest BCUT2D eigenvalue weighted by Gasteiger charge is -2.30. The normalized spacial score (nSPS) is 13.2. The van der Waals surface area contributed by atoms with Crippen LogP contribution < -0.4 is 19.7 Å². The predicted octanol–water partition coefficient (Wildman–Crippen LogP) is 3.34. The SMILES string of the molecule is COc1ccc(CCNCCOc2ccc(F)c3c2N(C(C)=O)CCC3)cc1. The van der Waals surface area contributed by atoms with E-state index in [2.05, 4.69) is 17.4 Å². The largest absolute Gasteiger partial charge is 0.497 e. The summed E-state index contributed by atoms with van der Waals surface area (Å²) in [6, 6.07) is 11.1. The highest BCUT2D eigenvalue weighted by molar-refractivity contribution is 5.94. The van der Waals surface area contributed by atoms with Crippen molar-refractivity contribution in [2.24, 2.45) is 0 Å². The molecule has 0 fully saturated rings. The molecule has 1 amide bonds. The van der Waals surface area contributed by atoms with Crippen LogP contribution in [0.25, 0.3) is 0 Å². The predicted molar refractivity (Wildman–Crippen MR) is 108 cm³/mol. The first kappa shape index (κ1) is 20.1. The third kappa shape index (κ3) is 4.81. The van der Waals surface area contributed by atoms with Crippen LogP contribution in [0, 0.1) is 5.82 Å². The highest BCUT2D eigenvalue weighted by Gasteiger charge is 2.26. The van der Waals surface area contributed by atoms with Crippen molar-refractivity contribution in [3.8, 4) is 11.5 Å². The molecule has 2 aromatic carbocycles. The molecular weight excluding hydrogens is 359 g/mol. The van der Waals surface area contributed by atoms with Crippen LogP contribution in [0.3, 0.4) is 0 Å². The van der Waals surface area contributed by atoms with E-state index in [9.17, 15) is 9.18 Å². The van der Waals surface area contributed by atoms with Gasteiger partial charge in [-0.3, -0.25) is 4.79 Å². The zero-order chi connectivity index (χ0) is 19.9. The fourth-order valence-corrected chi connectivity index (χ4v) is 3.46. The van der Waals surface area contributed by atoms with Crippen LogP contribution in [0.15, 0.2) is 36.4 Å². The van der Waals surface area contributed by atoms with Gasteiger partial charge in [0.15, 0.2) is 0 Å². The maximum Gasteiger partial charge on any atom is 0.223 e. The van der Waals surface area contributed by atoms with Crippen LogP contribution in [-0.2, 0) is 17.6 Å². The van der Waals surface area contributed by atoms with Gasteiger partial charge in [-0.25, -0.2) is 4.39 Å². The Bertz CT molecular complexity index is 808. The summed E-state index contributed by atoms with van der Waals surface area (Å²) in [5, 5.41) is 3.35. The van der Waals surface area contributed by atoms with E-state index >= 15 is 0 Å². The van der Waals surface area contributed by atoms with E-state index in [1.165, 1.54) is 18.6 Å².